The smallest absolute Gasteiger partial charge is 0.277 e. The summed E-state index contributed by atoms with van der Waals surface area (Å²) in [5.74, 6) is 1.27. The van der Waals surface area contributed by atoms with Crippen LogP contribution in [0.15, 0.2) is 33.7 Å². The van der Waals surface area contributed by atoms with E-state index in [-0.39, 0.29) is 22.7 Å². The summed E-state index contributed by atoms with van der Waals surface area (Å²) in [4.78, 5) is 37.7. The van der Waals surface area contributed by atoms with E-state index in [1.807, 2.05) is 6.07 Å². The van der Waals surface area contributed by atoms with Gasteiger partial charge in [0.05, 0.1) is 11.8 Å². The lowest BCUT2D eigenvalue weighted by molar-refractivity contribution is 0.0740. The van der Waals surface area contributed by atoms with Crippen molar-refractivity contribution in [2.75, 3.05) is 6.54 Å². The number of aryl methyl sites for hydroxylation is 2. The number of rotatable bonds is 1. The molecule has 1 amide bonds. The molecule has 7 heteroatoms. The van der Waals surface area contributed by atoms with Crippen molar-refractivity contribution in [2.24, 2.45) is 0 Å². The van der Waals surface area contributed by atoms with Crippen LogP contribution in [0.2, 0.25) is 0 Å². The molecule has 0 aromatic carbocycles. The fourth-order valence-corrected chi connectivity index (χ4v) is 3.04. The lowest BCUT2D eigenvalue weighted by Crippen LogP contribution is -2.31. The lowest BCUT2D eigenvalue weighted by atomic mass is 10.2. The molecule has 4 rings (SSSR count). The number of nitrogens with zero attached hydrogens (tertiary/aromatic N) is 3. The molecule has 0 radical (unpaired) electrons. The van der Waals surface area contributed by atoms with E-state index in [0.717, 1.165) is 24.2 Å². The molecule has 0 spiro atoms. The van der Waals surface area contributed by atoms with E-state index in [9.17, 15) is 9.59 Å². The molecule has 1 N–H and O–H groups in total. The molecule has 3 aromatic rings. The number of nitrogens with one attached hydrogen (secondary N) is 1. The molecular formula is C17H16N4O3. The number of hydrogen-bond acceptors (Lipinski definition) is 5. The van der Waals surface area contributed by atoms with Crippen LogP contribution in [0.4, 0.5) is 0 Å². The molecule has 1 aliphatic rings. The average Bonchev–Trinajstić information content (AvgIpc) is 2.90. The van der Waals surface area contributed by atoms with Gasteiger partial charge in [-0.25, -0.2) is 9.97 Å². The summed E-state index contributed by atoms with van der Waals surface area (Å²) in [7, 11) is 0. The summed E-state index contributed by atoms with van der Waals surface area (Å²) < 4.78 is 5.45. The number of carbonyl (C=O) groups is 1. The van der Waals surface area contributed by atoms with Gasteiger partial charge in [-0.15, -0.1) is 0 Å². The summed E-state index contributed by atoms with van der Waals surface area (Å²) >= 11 is 0. The van der Waals surface area contributed by atoms with Gasteiger partial charge in [0.15, 0.2) is 5.52 Å². The first-order valence-corrected chi connectivity index (χ1v) is 7.84. The molecule has 0 atom stereocenters. The van der Waals surface area contributed by atoms with Crippen LogP contribution in [0.3, 0.4) is 0 Å². The van der Waals surface area contributed by atoms with Gasteiger partial charge in [-0.2, -0.15) is 0 Å². The topological polar surface area (TPSA) is 92.1 Å². The summed E-state index contributed by atoms with van der Waals surface area (Å²) in [6.07, 6.45) is 3.31. The summed E-state index contributed by atoms with van der Waals surface area (Å²) in [5.41, 5.74) is 1.62. The Labute approximate surface area is 137 Å². The minimum atomic E-state index is -0.333. The minimum Gasteiger partial charge on any atom is -0.469 e. The number of H-pyrrole nitrogens is 1. The SMILES string of the molecule is Cc1nc2ccc(C(=O)N3CCCc4occc4C3)nc2c(=O)[nH]1. The van der Waals surface area contributed by atoms with E-state index in [0.29, 0.717) is 24.4 Å². The zero-order valence-corrected chi connectivity index (χ0v) is 13.2. The third kappa shape index (κ3) is 2.47. The Morgan fingerprint density at radius 3 is 3.04 bits per heavy atom. The number of amides is 1. The first kappa shape index (κ1) is 14.6. The van der Waals surface area contributed by atoms with Crippen molar-refractivity contribution >= 4 is 16.9 Å². The number of hydrogen-bond donors (Lipinski definition) is 1. The van der Waals surface area contributed by atoms with E-state index in [1.165, 1.54) is 0 Å². The van der Waals surface area contributed by atoms with Crippen molar-refractivity contribution in [1.82, 2.24) is 19.9 Å². The van der Waals surface area contributed by atoms with Crippen molar-refractivity contribution in [1.29, 1.82) is 0 Å². The van der Waals surface area contributed by atoms with Crippen molar-refractivity contribution in [2.45, 2.75) is 26.3 Å². The van der Waals surface area contributed by atoms with Crippen LogP contribution >= 0.6 is 0 Å². The van der Waals surface area contributed by atoms with Gasteiger partial charge in [-0.1, -0.05) is 0 Å². The zero-order chi connectivity index (χ0) is 16.7. The Morgan fingerprint density at radius 1 is 1.29 bits per heavy atom. The van der Waals surface area contributed by atoms with Gasteiger partial charge in [-0.05, 0) is 31.5 Å². The molecule has 3 aromatic heterocycles. The molecule has 0 saturated heterocycles. The van der Waals surface area contributed by atoms with Crippen LogP contribution in [0.25, 0.3) is 11.0 Å². The lowest BCUT2D eigenvalue weighted by Gasteiger charge is -2.19. The monoisotopic (exact) mass is 324 g/mol. The summed E-state index contributed by atoms with van der Waals surface area (Å²) in [6.45, 7) is 2.83. The second kappa shape index (κ2) is 5.59. The second-order valence-corrected chi connectivity index (χ2v) is 5.91. The van der Waals surface area contributed by atoms with E-state index >= 15 is 0 Å². The van der Waals surface area contributed by atoms with E-state index in [1.54, 1.807) is 30.2 Å². The summed E-state index contributed by atoms with van der Waals surface area (Å²) in [6, 6.07) is 5.18. The zero-order valence-electron chi connectivity index (χ0n) is 13.2. The Bertz CT molecular complexity index is 989. The van der Waals surface area contributed by atoms with Crippen LogP contribution in [-0.2, 0) is 13.0 Å². The highest BCUT2D eigenvalue weighted by atomic mass is 16.3. The van der Waals surface area contributed by atoms with Crippen LogP contribution in [0.5, 0.6) is 0 Å². The maximum absolute atomic E-state index is 12.8. The molecule has 4 heterocycles. The van der Waals surface area contributed by atoms with Gasteiger partial charge in [0.2, 0.25) is 0 Å². The second-order valence-electron chi connectivity index (χ2n) is 5.91. The highest BCUT2D eigenvalue weighted by Crippen LogP contribution is 2.21. The van der Waals surface area contributed by atoms with E-state index in [4.69, 9.17) is 4.42 Å². The Balaban J connectivity index is 1.69. The van der Waals surface area contributed by atoms with E-state index < -0.39 is 0 Å². The summed E-state index contributed by atoms with van der Waals surface area (Å²) in [5, 5.41) is 0. The fourth-order valence-electron chi connectivity index (χ4n) is 3.04. The number of fused-ring (bicyclic) bond motifs is 2. The Hall–Kier alpha value is -2.96. The Morgan fingerprint density at radius 2 is 2.17 bits per heavy atom. The Kier molecular flexibility index (Phi) is 3.41. The molecule has 0 fully saturated rings. The highest BCUT2D eigenvalue weighted by molar-refractivity contribution is 5.94. The molecule has 24 heavy (non-hydrogen) atoms. The predicted octanol–water partition coefficient (Wildman–Crippen LogP) is 1.81. The fraction of sp³-hybridized carbons (Fsp3) is 0.294. The van der Waals surface area contributed by atoms with Gasteiger partial charge in [-0.3, -0.25) is 9.59 Å². The number of pyridine rings is 1. The quantitative estimate of drug-likeness (QED) is 0.737. The van der Waals surface area contributed by atoms with Crippen LogP contribution < -0.4 is 5.56 Å². The first-order valence-electron chi connectivity index (χ1n) is 7.84. The number of aromatic nitrogens is 3. The maximum Gasteiger partial charge on any atom is 0.277 e. The van der Waals surface area contributed by atoms with Crippen LogP contribution in [0, 0.1) is 6.92 Å². The molecule has 7 nitrogen and oxygen atoms in total. The normalized spacial score (nSPS) is 14.5. The van der Waals surface area contributed by atoms with Gasteiger partial charge in [0, 0.05) is 25.1 Å². The number of furan rings is 1. The number of aromatic amines is 1. The predicted molar refractivity (Wildman–Crippen MR) is 86.7 cm³/mol. The molecule has 0 unspecified atom stereocenters. The maximum atomic E-state index is 12.8. The highest BCUT2D eigenvalue weighted by Gasteiger charge is 2.23. The molecular weight excluding hydrogens is 308 g/mol. The van der Waals surface area contributed by atoms with Gasteiger partial charge >= 0.3 is 0 Å². The van der Waals surface area contributed by atoms with Gasteiger partial charge < -0.3 is 14.3 Å². The first-order chi connectivity index (χ1) is 11.6. The van der Waals surface area contributed by atoms with Crippen molar-refractivity contribution in [3.8, 4) is 0 Å². The molecule has 0 bridgehead atoms. The largest absolute Gasteiger partial charge is 0.469 e. The van der Waals surface area contributed by atoms with Crippen LogP contribution in [0.1, 0.15) is 34.1 Å². The van der Waals surface area contributed by atoms with Crippen molar-refractivity contribution in [3.05, 3.63) is 57.7 Å². The minimum absolute atomic E-state index is 0.185. The standard InChI is InChI=1S/C17H16N4O3/c1-10-18-12-4-5-13(20-15(12)16(22)19-10)17(23)21-7-2-3-14-11(9-21)6-8-24-14/h4-6,8H,2-3,7,9H2,1H3,(H,18,19,22). The molecule has 122 valence electrons. The van der Waals surface area contributed by atoms with Crippen molar-refractivity contribution < 1.29 is 9.21 Å². The number of carbonyl (C=O) groups excluding carboxylic acids is 1. The van der Waals surface area contributed by atoms with Gasteiger partial charge in [0.25, 0.3) is 11.5 Å². The van der Waals surface area contributed by atoms with Gasteiger partial charge in [0.1, 0.15) is 17.3 Å². The molecule has 0 aliphatic carbocycles. The third-order valence-electron chi connectivity index (χ3n) is 4.21. The third-order valence-corrected chi connectivity index (χ3v) is 4.21. The molecule has 1 aliphatic heterocycles. The van der Waals surface area contributed by atoms with E-state index in [2.05, 4.69) is 15.0 Å². The molecule has 0 saturated carbocycles. The average molecular weight is 324 g/mol. The van der Waals surface area contributed by atoms with Crippen LogP contribution in [-0.4, -0.2) is 32.3 Å². The van der Waals surface area contributed by atoms with Crippen molar-refractivity contribution in [3.63, 3.8) is 0 Å².